The highest BCUT2D eigenvalue weighted by atomic mass is 32.2. The molecule has 9 heteroatoms. The molecule has 0 fully saturated rings. The molecule has 0 saturated carbocycles. The van der Waals surface area contributed by atoms with Gasteiger partial charge in [-0.3, -0.25) is 0 Å². The molecule has 6 nitrogen and oxygen atoms in total. The summed E-state index contributed by atoms with van der Waals surface area (Å²) in [5.41, 5.74) is 0. The second kappa shape index (κ2) is 5.93. The lowest BCUT2D eigenvalue weighted by molar-refractivity contribution is -0.162. The normalized spacial score (nSPS) is 11.9. The first-order chi connectivity index (χ1) is 8.75. The van der Waals surface area contributed by atoms with Crippen LogP contribution in [0.3, 0.4) is 0 Å². The molecular weight excluding hydrogens is 286 g/mol. The van der Waals surface area contributed by atoms with Crippen molar-refractivity contribution in [1.29, 1.82) is 0 Å². The van der Waals surface area contributed by atoms with Crippen LogP contribution in [0.1, 0.15) is 0 Å². The molecule has 0 unspecified atom stereocenters. The molecule has 0 N–H and O–H groups in total. The standard InChI is InChI=1S/C10H10F2O6S/c11-10(12,19(14,15)16)9(13)18-7-6-17-8-4-2-1-3-5-8/h1-5H,6-7H2,(H,14,15,16)/p-1. The van der Waals surface area contributed by atoms with Crippen LogP contribution in [0, 0.1) is 0 Å². The lowest BCUT2D eigenvalue weighted by Crippen LogP contribution is -2.39. The predicted octanol–water partition coefficient (Wildman–Crippen LogP) is 0.747. The van der Waals surface area contributed by atoms with Gasteiger partial charge in [0.25, 0.3) is 0 Å². The van der Waals surface area contributed by atoms with E-state index in [4.69, 9.17) is 4.74 Å². The van der Waals surface area contributed by atoms with Gasteiger partial charge >= 0.3 is 11.2 Å². The van der Waals surface area contributed by atoms with Crippen LogP contribution in [-0.4, -0.2) is 37.4 Å². The summed E-state index contributed by atoms with van der Waals surface area (Å²) >= 11 is 0. The Morgan fingerprint density at radius 1 is 1.21 bits per heavy atom. The molecule has 0 aliphatic heterocycles. The van der Waals surface area contributed by atoms with Crippen LogP contribution in [0.15, 0.2) is 30.3 Å². The van der Waals surface area contributed by atoms with Crippen molar-refractivity contribution in [2.24, 2.45) is 0 Å². The molecule has 1 aromatic carbocycles. The first-order valence-corrected chi connectivity index (χ1v) is 6.34. The summed E-state index contributed by atoms with van der Waals surface area (Å²) in [4.78, 5) is 10.7. The minimum Gasteiger partial charge on any atom is -0.743 e. The monoisotopic (exact) mass is 295 g/mol. The first kappa shape index (κ1) is 15.3. The fraction of sp³-hybridized carbons (Fsp3) is 0.300. The molecule has 1 rings (SSSR count). The molecule has 0 aromatic heterocycles. The number of carbonyl (C=O) groups excluding carboxylic acids is 1. The fourth-order valence-electron chi connectivity index (χ4n) is 0.997. The molecule has 0 aliphatic rings. The predicted molar refractivity (Wildman–Crippen MR) is 57.5 cm³/mol. The van der Waals surface area contributed by atoms with E-state index in [0.29, 0.717) is 5.75 Å². The number of hydrogen-bond donors (Lipinski definition) is 0. The number of para-hydroxylation sites is 1. The molecule has 0 radical (unpaired) electrons. The first-order valence-electron chi connectivity index (χ1n) is 4.93. The Balaban J connectivity index is 2.40. The van der Waals surface area contributed by atoms with Crippen LogP contribution < -0.4 is 4.74 Å². The van der Waals surface area contributed by atoms with Crippen LogP contribution in [0.25, 0.3) is 0 Å². The van der Waals surface area contributed by atoms with E-state index in [2.05, 4.69) is 4.74 Å². The van der Waals surface area contributed by atoms with E-state index in [1.165, 1.54) is 0 Å². The number of rotatable bonds is 6. The van der Waals surface area contributed by atoms with Crippen LogP contribution in [0.5, 0.6) is 5.75 Å². The topological polar surface area (TPSA) is 92.7 Å². The summed E-state index contributed by atoms with van der Waals surface area (Å²) in [7, 11) is -6.09. The van der Waals surface area contributed by atoms with Gasteiger partial charge in [-0.25, -0.2) is 13.2 Å². The second-order valence-electron chi connectivity index (χ2n) is 3.27. The highest BCUT2D eigenvalue weighted by Crippen LogP contribution is 2.21. The van der Waals surface area contributed by atoms with Gasteiger partial charge in [0, 0.05) is 0 Å². The molecule has 0 saturated heterocycles. The van der Waals surface area contributed by atoms with Gasteiger partial charge in [0.2, 0.25) is 0 Å². The van der Waals surface area contributed by atoms with Crippen molar-refractivity contribution in [3.63, 3.8) is 0 Å². The smallest absolute Gasteiger partial charge is 0.428 e. The minimum absolute atomic E-state index is 0.259. The van der Waals surface area contributed by atoms with E-state index in [-0.39, 0.29) is 6.61 Å². The third kappa shape index (κ3) is 4.14. The Hall–Kier alpha value is -1.74. The van der Waals surface area contributed by atoms with Crippen molar-refractivity contribution in [2.75, 3.05) is 13.2 Å². The van der Waals surface area contributed by atoms with Crippen molar-refractivity contribution >= 4 is 16.1 Å². The largest absolute Gasteiger partial charge is 0.743 e. The summed E-state index contributed by atoms with van der Waals surface area (Å²) in [5, 5.41) is -5.10. The van der Waals surface area contributed by atoms with Gasteiger partial charge in [-0.1, -0.05) is 18.2 Å². The third-order valence-electron chi connectivity index (χ3n) is 1.88. The number of benzene rings is 1. The molecular formula is C10H9F2O6S-. The molecule has 1 aromatic rings. The number of alkyl halides is 2. The van der Waals surface area contributed by atoms with E-state index < -0.39 is 27.9 Å². The number of halogens is 2. The van der Waals surface area contributed by atoms with Crippen LogP contribution >= 0.6 is 0 Å². The molecule has 0 spiro atoms. The van der Waals surface area contributed by atoms with Crippen LogP contribution in [-0.2, 0) is 19.6 Å². The zero-order chi connectivity index (χ0) is 14.5. The van der Waals surface area contributed by atoms with Crippen molar-refractivity contribution in [3.8, 4) is 5.75 Å². The van der Waals surface area contributed by atoms with Crippen molar-refractivity contribution in [2.45, 2.75) is 5.25 Å². The number of carbonyl (C=O) groups is 1. The Morgan fingerprint density at radius 2 is 1.79 bits per heavy atom. The fourth-order valence-corrected chi connectivity index (χ4v) is 1.26. The zero-order valence-electron chi connectivity index (χ0n) is 9.41. The maximum Gasteiger partial charge on any atom is 0.428 e. The number of ether oxygens (including phenoxy) is 2. The second-order valence-corrected chi connectivity index (χ2v) is 4.69. The zero-order valence-corrected chi connectivity index (χ0v) is 10.2. The summed E-state index contributed by atoms with van der Waals surface area (Å²) < 4.78 is 64.6. The quantitative estimate of drug-likeness (QED) is 0.437. The summed E-state index contributed by atoms with van der Waals surface area (Å²) in [5.74, 6) is -2.00. The summed E-state index contributed by atoms with van der Waals surface area (Å²) in [6, 6.07) is 8.22. The Morgan fingerprint density at radius 3 is 2.32 bits per heavy atom. The summed E-state index contributed by atoms with van der Waals surface area (Å²) in [6.07, 6.45) is 0. The lowest BCUT2D eigenvalue weighted by Gasteiger charge is -2.18. The van der Waals surface area contributed by atoms with Gasteiger partial charge in [-0.2, -0.15) is 8.78 Å². The van der Waals surface area contributed by atoms with Gasteiger partial charge in [0.05, 0.1) is 0 Å². The highest BCUT2D eigenvalue weighted by Gasteiger charge is 2.48. The third-order valence-corrected chi connectivity index (χ3v) is 2.67. The molecule has 0 bridgehead atoms. The molecule has 106 valence electrons. The van der Waals surface area contributed by atoms with Gasteiger partial charge < -0.3 is 14.0 Å². The van der Waals surface area contributed by atoms with Crippen molar-refractivity contribution < 1.29 is 36.0 Å². The van der Waals surface area contributed by atoms with Gasteiger partial charge in [-0.15, -0.1) is 0 Å². The molecule has 0 atom stereocenters. The maximum atomic E-state index is 12.7. The summed E-state index contributed by atoms with van der Waals surface area (Å²) in [6.45, 7) is -0.871. The van der Waals surface area contributed by atoms with Crippen molar-refractivity contribution in [1.82, 2.24) is 0 Å². The lowest BCUT2D eigenvalue weighted by atomic mass is 10.3. The van der Waals surface area contributed by atoms with E-state index in [9.17, 15) is 26.5 Å². The molecule has 0 amide bonds. The van der Waals surface area contributed by atoms with Gasteiger partial charge in [0.1, 0.15) is 19.0 Å². The average Bonchev–Trinajstić information content (AvgIpc) is 2.34. The Bertz CT molecular complexity index is 528. The van der Waals surface area contributed by atoms with E-state index in [0.717, 1.165) is 0 Å². The highest BCUT2D eigenvalue weighted by molar-refractivity contribution is 7.87. The van der Waals surface area contributed by atoms with Crippen LogP contribution in [0.4, 0.5) is 8.78 Å². The molecule has 19 heavy (non-hydrogen) atoms. The van der Waals surface area contributed by atoms with Gasteiger partial charge in [0.15, 0.2) is 10.1 Å². The van der Waals surface area contributed by atoms with Crippen molar-refractivity contribution in [3.05, 3.63) is 30.3 Å². The number of hydrogen-bond acceptors (Lipinski definition) is 6. The molecule has 0 heterocycles. The maximum absolute atomic E-state index is 12.7. The molecule has 0 aliphatic carbocycles. The number of esters is 1. The average molecular weight is 295 g/mol. The van der Waals surface area contributed by atoms with E-state index in [1.54, 1.807) is 30.3 Å². The van der Waals surface area contributed by atoms with E-state index in [1.807, 2.05) is 0 Å². The van der Waals surface area contributed by atoms with Gasteiger partial charge in [-0.05, 0) is 12.1 Å². The van der Waals surface area contributed by atoms with E-state index >= 15 is 0 Å². The SMILES string of the molecule is O=C(OCCOc1ccccc1)C(F)(F)S(=O)(=O)[O-]. The van der Waals surface area contributed by atoms with Crippen LogP contribution in [0.2, 0.25) is 0 Å². The minimum atomic E-state index is -6.09. The Kier molecular flexibility index (Phi) is 4.78. The Labute approximate surface area is 107 Å².